The molecule has 0 unspecified atom stereocenters. The van der Waals surface area contributed by atoms with Crippen LogP contribution in [0.2, 0.25) is 0 Å². The zero-order chi connectivity index (χ0) is 11.4. The molecule has 0 saturated carbocycles. The van der Waals surface area contributed by atoms with Gasteiger partial charge in [-0.1, -0.05) is 0 Å². The second kappa shape index (κ2) is 4.72. The van der Waals surface area contributed by atoms with E-state index >= 15 is 0 Å². The predicted octanol–water partition coefficient (Wildman–Crippen LogP) is 0.769. The van der Waals surface area contributed by atoms with Crippen molar-refractivity contribution in [3.05, 3.63) is 6.33 Å². The minimum Gasteiger partial charge on any atom is -0.490 e. The van der Waals surface area contributed by atoms with Crippen molar-refractivity contribution in [2.45, 2.75) is 6.43 Å². The van der Waals surface area contributed by atoms with Crippen LogP contribution in [0.5, 0.6) is 5.75 Å². The molecule has 7 heteroatoms. The molecular formula is C8H12F2N4O. The lowest BCUT2D eigenvalue weighted by Gasteiger charge is -2.19. The van der Waals surface area contributed by atoms with E-state index in [2.05, 4.69) is 9.97 Å². The Kier molecular flexibility index (Phi) is 3.59. The topological polar surface area (TPSA) is 64.3 Å². The second-order valence-corrected chi connectivity index (χ2v) is 2.89. The SMILES string of the molecule is COc1c(N)ncnc1N(C)CC(F)F. The van der Waals surface area contributed by atoms with Gasteiger partial charge < -0.3 is 15.4 Å². The van der Waals surface area contributed by atoms with Crippen molar-refractivity contribution in [3.63, 3.8) is 0 Å². The van der Waals surface area contributed by atoms with E-state index in [1.165, 1.54) is 25.4 Å². The van der Waals surface area contributed by atoms with Crippen molar-refractivity contribution in [1.82, 2.24) is 9.97 Å². The lowest BCUT2D eigenvalue weighted by molar-refractivity contribution is 0.156. The Balaban J connectivity index is 2.97. The fourth-order valence-corrected chi connectivity index (χ4v) is 1.14. The summed E-state index contributed by atoms with van der Waals surface area (Å²) in [5.74, 6) is 0.592. The van der Waals surface area contributed by atoms with E-state index in [0.717, 1.165) is 0 Å². The standard InChI is InChI=1S/C8H12F2N4O/c1-14(3-5(9)10)8-6(15-2)7(11)12-4-13-8/h4-5H,3H2,1-2H3,(H2,11,12,13). The third kappa shape index (κ3) is 2.64. The van der Waals surface area contributed by atoms with Gasteiger partial charge in [0.2, 0.25) is 5.75 Å². The minimum atomic E-state index is -2.45. The van der Waals surface area contributed by atoms with Gasteiger partial charge in [-0.3, -0.25) is 0 Å². The van der Waals surface area contributed by atoms with Gasteiger partial charge in [0.05, 0.1) is 13.7 Å². The molecule has 1 aromatic heterocycles. The fourth-order valence-electron chi connectivity index (χ4n) is 1.14. The molecule has 0 spiro atoms. The number of nitrogen functional groups attached to an aromatic ring is 1. The molecule has 1 heterocycles. The van der Waals surface area contributed by atoms with E-state index in [9.17, 15) is 8.78 Å². The summed E-state index contributed by atoms with van der Waals surface area (Å²) in [5, 5.41) is 0. The summed E-state index contributed by atoms with van der Waals surface area (Å²) in [6.07, 6.45) is -1.24. The summed E-state index contributed by atoms with van der Waals surface area (Å²) in [6.45, 7) is -0.438. The minimum absolute atomic E-state index is 0.128. The highest BCUT2D eigenvalue weighted by Crippen LogP contribution is 2.29. The summed E-state index contributed by atoms with van der Waals surface area (Å²) in [6, 6.07) is 0. The van der Waals surface area contributed by atoms with E-state index < -0.39 is 13.0 Å². The van der Waals surface area contributed by atoms with Crippen molar-refractivity contribution in [2.75, 3.05) is 31.3 Å². The molecule has 15 heavy (non-hydrogen) atoms. The van der Waals surface area contributed by atoms with Crippen LogP contribution in [-0.2, 0) is 0 Å². The Morgan fingerprint density at radius 3 is 2.73 bits per heavy atom. The van der Waals surface area contributed by atoms with Crippen LogP contribution < -0.4 is 15.4 Å². The number of nitrogens with zero attached hydrogens (tertiary/aromatic N) is 3. The number of nitrogens with two attached hydrogens (primary N) is 1. The molecule has 84 valence electrons. The predicted molar refractivity (Wildman–Crippen MR) is 52.3 cm³/mol. The molecule has 0 saturated heterocycles. The van der Waals surface area contributed by atoms with Gasteiger partial charge in [-0.15, -0.1) is 0 Å². The second-order valence-electron chi connectivity index (χ2n) is 2.89. The maximum Gasteiger partial charge on any atom is 0.255 e. The molecule has 0 radical (unpaired) electrons. The van der Waals surface area contributed by atoms with Crippen LogP contribution in [0.4, 0.5) is 20.4 Å². The molecule has 0 aromatic carbocycles. The van der Waals surface area contributed by atoms with Gasteiger partial charge in [0.1, 0.15) is 6.33 Å². The van der Waals surface area contributed by atoms with Crippen molar-refractivity contribution in [1.29, 1.82) is 0 Å². The molecule has 0 fully saturated rings. The van der Waals surface area contributed by atoms with Gasteiger partial charge in [0.25, 0.3) is 6.43 Å². The molecule has 5 nitrogen and oxygen atoms in total. The van der Waals surface area contributed by atoms with Crippen LogP contribution in [0.3, 0.4) is 0 Å². The van der Waals surface area contributed by atoms with Crippen LogP contribution >= 0.6 is 0 Å². The maximum absolute atomic E-state index is 12.1. The van der Waals surface area contributed by atoms with Crippen LogP contribution in [-0.4, -0.2) is 37.1 Å². The van der Waals surface area contributed by atoms with Gasteiger partial charge >= 0.3 is 0 Å². The average molecular weight is 218 g/mol. The summed E-state index contributed by atoms with van der Waals surface area (Å²) in [5.41, 5.74) is 5.51. The average Bonchev–Trinajstić information content (AvgIpc) is 2.16. The maximum atomic E-state index is 12.1. The highest BCUT2D eigenvalue weighted by molar-refractivity contribution is 5.62. The first-order valence-electron chi connectivity index (χ1n) is 4.20. The fraction of sp³-hybridized carbons (Fsp3) is 0.500. The van der Waals surface area contributed by atoms with Crippen LogP contribution in [0.15, 0.2) is 6.33 Å². The molecule has 1 aromatic rings. The third-order valence-corrected chi connectivity index (χ3v) is 1.79. The van der Waals surface area contributed by atoms with Crippen molar-refractivity contribution >= 4 is 11.6 Å². The van der Waals surface area contributed by atoms with Gasteiger partial charge in [0.15, 0.2) is 11.6 Å². The zero-order valence-electron chi connectivity index (χ0n) is 8.44. The van der Waals surface area contributed by atoms with Gasteiger partial charge in [-0.25, -0.2) is 18.7 Å². The molecule has 0 aliphatic rings. The Morgan fingerprint density at radius 2 is 2.20 bits per heavy atom. The number of aromatic nitrogens is 2. The van der Waals surface area contributed by atoms with E-state index in [1.807, 2.05) is 0 Å². The van der Waals surface area contributed by atoms with E-state index in [0.29, 0.717) is 0 Å². The highest BCUT2D eigenvalue weighted by Gasteiger charge is 2.16. The molecule has 0 amide bonds. The number of halogens is 2. The van der Waals surface area contributed by atoms with Crippen molar-refractivity contribution in [3.8, 4) is 5.75 Å². The van der Waals surface area contributed by atoms with Crippen molar-refractivity contribution < 1.29 is 13.5 Å². The Bertz CT molecular complexity index is 334. The van der Waals surface area contributed by atoms with E-state index in [-0.39, 0.29) is 17.4 Å². The summed E-state index contributed by atoms with van der Waals surface area (Å²) in [7, 11) is 2.87. The Morgan fingerprint density at radius 1 is 1.53 bits per heavy atom. The normalized spacial score (nSPS) is 10.5. The Hall–Kier alpha value is -1.66. The van der Waals surface area contributed by atoms with E-state index in [1.54, 1.807) is 0 Å². The van der Waals surface area contributed by atoms with Gasteiger partial charge in [-0.2, -0.15) is 0 Å². The van der Waals surface area contributed by atoms with Gasteiger partial charge in [-0.05, 0) is 0 Å². The largest absolute Gasteiger partial charge is 0.490 e. The summed E-state index contributed by atoms with van der Waals surface area (Å²) >= 11 is 0. The molecule has 0 bridgehead atoms. The number of anilines is 2. The number of methoxy groups -OCH3 is 1. The molecule has 0 aliphatic carbocycles. The summed E-state index contributed by atoms with van der Waals surface area (Å²) < 4.78 is 29.2. The molecule has 0 atom stereocenters. The quantitative estimate of drug-likeness (QED) is 0.808. The highest BCUT2D eigenvalue weighted by atomic mass is 19.3. The number of hydrogen-bond acceptors (Lipinski definition) is 5. The summed E-state index contributed by atoms with van der Waals surface area (Å²) in [4.78, 5) is 8.80. The number of rotatable bonds is 4. The number of ether oxygens (including phenoxy) is 1. The van der Waals surface area contributed by atoms with Crippen LogP contribution in [0.25, 0.3) is 0 Å². The van der Waals surface area contributed by atoms with Gasteiger partial charge in [0, 0.05) is 7.05 Å². The molecule has 2 N–H and O–H groups in total. The third-order valence-electron chi connectivity index (χ3n) is 1.79. The number of alkyl halides is 2. The smallest absolute Gasteiger partial charge is 0.255 e. The molecule has 1 rings (SSSR count). The van der Waals surface area contributed by atoms with Crippen molar-refractivity contribution in [2.24, 2.45) is 0 Å². The van der Waals surface area contributed by atoms with E-state index in [4.69, 9.17) is 10.5 Å². The monoisotopic (exact) mass is 218 g/mol. The Labute approximate surface area is 85.9 Å². The van der Waals surface area contributed by atoms with Crippen LogP contribution in [0, 0.1) is 0 Å². The van der Waals surface area contributed by atoms with Crippen LogP contribution in [0.1, 0.15) is 0 Å². The number of hydrogen-bond donors (Lipinski definition) is 1. The zero-order valence-corrected chi connectivity index (χ0v) is 8.44. The first kappa shape index (κ1) is 11.4. The lowest BCUT2D eigenvalue weighted by atomic mass is 10.4. The first-order valence-corrected chi connectivity index (χ1v) is 4.20. The first-order chi connectivity index (χ1) is 7.06. The lowest BCUT2D eigenvalue weighted by Crippen LogP contribution is -2.25. The molecule has 0 aliphatic heterocycles. The molecular weight excluding hydrogens is 206 g/mol.